The highest BCUT2D eigenvalue weighted by Crippen LogP contribution is 2.30. The van der Waals surface area contributed by atoms with E-state index in [1.54, 1.807) is 32.4 Å². The van der Waals surface area contributed by atoms with Crippen molar-refractivity contribution in [3.63, 3.8) is 0 Å². The molecule has 0 aliphatic carbocycles. The van der Waals surface area contributed by atoms with Crippen LogP contribution in [0.1, 0.15) is 18.1 Å². The Morgan fingerprint density at radius 2 is 1.96 bits per heavy atom. The predicted octanol–water partition coefficient (Wildman–Crippen LogP) is 4.85. The van der Waals surface area contributed by atoms with E-state index >= 15 is 0 Å². The summed E-state index contributed by atoms with van der Waals surface area (Å²) in [6.45, 7) is 4.15. The van der Waals surface area contributed by atoms with Crippen molar-refractivity contribution in [3.8, 4) is 11.5 Å². The molecule has 0 saturated carbocycles. The van der Waals surface area contributed by atoms with Gasteiger partial charge in [-0.3, -0.25) is 4.79 Å². The number of aryl methyl sites for hydroxylation is 2. The summed E-state index contributed by atoms with van der Waals surface area (Å²) in [5, 5.41) is 4.93. The van der Waals surface area contributed by atoms with E-state index in [4.69, 9.17) is 14.5 Å². The Morgan fingerprint density at radius 1 is 1.14 bits per heavy atom. The lowest BCUT2D eigenvalue weighted by Crippen LogP contribution is -2.15. The van der Waals surface area contributed by atoms with Crippen molar-refractivity contribution in [1.82, 2.24) is 4.98 Å². The minimum absolute atomic E-state index is 0.120. The van der Waals surface area contributed by atoms with E-state index in [1.165, 1.54) is 11.8 Å². The molecule has 1 amide bonds. The number of nitrogens with zero attached hydrogens (tertiary/aromatic N) is 1. The van der Waals surface area contributed by atoms with E-state index in [0.717, 1.165) is 33.5 Å². The summed E-state index contributed by atoms with van der Waals surface area (Å²) < 4.78 is 10.5. The van der Waals surface area contributed by atoms with Crippen LogP contribution >= 0.6 is 11.8 Å². The summed E-state index contributed by atoms with van der Waals surface area (Å²) in [7, 11) is 3.16. The van der Waals surface area contributed by atoms with Gasteiger partial charge in [0.15, 0.2) is 0 Å². The van der Waals surface area contributed by atoms with Crippen molar-refractivity contribution in [2.45, 2.75) is 25.3 Å². The first-order valence-corrected chi connectivity index (χ1v) is 10.1. The van der Waals surface area contributed by atoms with Gasteiger partial charge >= 0.3 is 0 Å². The largest absolute Gasteiger partial charge is 0.497 e. The zero-order chi connectivity index (χ0) is 20.1. The van der Waals surface area contributed by atoms with Crippen LogP contribution in [0, 0.1) is 6.92 Å². The van der Waals surface area contributed by atoms with Gasteiger partial charge in [0.05, 0.1) is 31.2 Å². The van der Waals surface area contributed by atoms with Crippen LogP contribution in [0.4, 0.5) is 5.69 Å². The molecule has 0 bridgehead atoms. The van der Waals surface area contributed by atoms with Crippen LogP contribution in [0.5, 0.6) is 11.5 Å². The molecule has 28 heavy (non-hydrogen) atoms. The van der Waals surface area contributed by atoms with Gasteiger partial charge < -0.3 is 14.8 Å². The first-order chi connectivity index (χ1) is 13.5. The predicted molar refractivity (Wildman–Crippen MR) is 115 cm³/mol. The zero-order valence-corrected chi connectivity index (χ0v) is 17.4. The van der Waals surface area contributed by atoms with Crippen LogP contribution in [-0.4, -0.2) is 30.9 Å². The first kappa shape index (κ1) is 20.0. The normalized spacial score (nSPS) is 10.7. The Kier molecular flexibility index (Phi) is 6.41. The smallest absolute Gasteiger partial charge is 0.234 e. The van der Waals surface area contributed by atoms with E-state index < -0.39 is 0 Å². The number of pyridine rings is 1. The fraction of sp³-hybridized carbons (Fsp3) is 0.273. The van der Waals surface area contributed by atoms with Crippen molar-refractivity contribution >= 4 is 34.3 Å². The van der Waals surface area contributed by atoms with Crippen molar-refractivity contribution < 1.29 is 14.3 Å². The molecule has 1 N–H and O–H groups in total. The molecule has 0 aliphatic heterocycles. The standard InChI is InChI=1S/C22H24N2O3S/c1-5-15-11-16-8-6-7-14(2)21(16)24-22(15)28-13-20(25)23-18-12-17(26-3)9-10-19(18)27-4/h6-12H,5,13H2,1-4H3,(H,23,25). The van der Waals surface area contributed by atoms with Crippen LogP contribution in [0.15, 0.2) is 47.5 Å². The number of fused-ring (bicyclic) bond motifs is 1. The molecule has 0 unspecified atom stereocenters. The highest BCUT2D eigenvalue weighted by Gasteiger charge is 2.13. The average Bonchev–Trinajstić information content (AvgIpc) is 2.72. The van der Waals surface area contributed by atoms with Gasteiger partial charge in [-0.2, -0.15) is 0 Å². The van der Waals surface area contributed by atoms with Crippen molar-refractivity contribution in [2.75, 3.05) is 25.3 Å². The number of aromatic nitrogens is 1. The molecule has 1 heterocycles. The van der Waals surface area contributed by atoms with Gasteiger partial charge in [-0.15, -0.1) is 0 Å². The van der Waals surface area contributed by atoms with E-state index in [1.807, 2.05) is 6.07 Å². The molecular formula is C22H24N2O3S. The summed E-state index contributed by atoms with van der Waals surface area (Å²) in [5.74, 6) is 1.39. The van der Waals surface area contributed by atoms with E-state index in [0.29, 0.717) is 17.2 Å². The molecule has 1 aromatic heterocycles. The summed E-state index contributed by atoms with van der Waals surface area (Å²) in [6.07, 6.45) is 0.866. The first-order valence-electron chi connectivity index (χ1n) is 9.09. The SMILES string of the molecule is CCc1cc2cccc(C)c2nc1SCC(=O)Nc1cc(OC)ccc1OC. The maximum Gasteiger partial charge on any atom is 0.234 e. The van der Waals surface area contributed by atoms with E-state index in [9.17, 15) is 4.79 Å². The number of carbonyl (C=O) groups excluding carboxylic acids is 1. The Labute approximate surface area is 169 Å². The second-order valence-corrected chi connectivity index (χ2v) is 7.32. The lowest BCUT2D eigenvalue weighted by molar-refractivity contribution is -0.113. The molecule has 3 rings (SSSR count). The molecular weight excluding hydrogens is 372 g/mol. The molecule has 0 saturated heterocycles. The lowest BCUT2D eigenvalue weighted by Gasteiger charge is -2.13. The second-order valence-electron chi connectivity index (χ2n) is 6.36. The quantitative estimate of drug-likeness (QED) is 0.578. The maximum atomic E-state index is 12.5. The zero-order valence-electron chi connectivity index (χ0n) is 16.5. The van der Waals surface area contributed by atoms with Crippen molar-refractivity contribution in [2.24, 2.45) is 0 Å². The number of thioether (sulfide) groups is 1. The number of carbonyl (C=O) groups is 1. The molecule has 0 fully saturated rings. The summed E-state index contributed by atoms with van der Waals surface area (Å²) >= 11 is 1.45. The van der Waals surface area contributed by atoms with Crippen LogP contribution < -0.4 is 14.8 Å². The molecule has 5 nitrogen and oxygen atoms in total. The summed E-state index contributed by atoms with van der Waals surface area (Å²) in [5.41, 5.74) is 3.85. The van der Waals surface area contributed by atoms with Crippen LogP contribution in [0.25, 0.3) is 10.9 Å². The highest BCUT2D eigenvalue weighted by atomic mass is 32.2. The van der Waals surface area contributed by atoms with Gasteiger partial charge in [0.25, 0.3) is 0 Å². The second kappa shape index (κ2) is 8.97. The number of benzene rings is 2. The van der Waals surface area contributed by atoms with Crippen LogP contribution in [0.2, 0.25) is 0 Å². The number of anilines is 1. The Balaban J connectivity index is 1.77. The average molecular weight is 397 g/mol. The van der Waals surface area contributed by atoms with Gasteiger partial charge in [-0.1, -0.05) is 36.9 Å². The highest BCUT2D eigenvalue weighted by molar-refractivity contribution is 8.00. The number of nitrogens with one attached hydrogen (secondary N) is 1. The topological polar surface area (TPSA) is 60.5 Å². The van der Waals surface area contributed by atoms with Gasteiger partial charge in [-0.05, 0) is 42.7 Å². The Morgan fingerprint density at radius 3 is 2.68 bits per heavy atom. The monoisotopic (exact) mass is 396 g/mol. The molecule has 0 aliphatic rings. The number of ether oxygens (including phenoxy) is 2. The van der Waals surface area contributed by atoms with Crippen molar-refractivity contribution in [3.05, 3.63) is 53.6 Å². The van der Waals surface area contributed by atoms with E-state index in [-0.39, 0.29) is 11.7 Å². The van der Waals surface area contributed by atoms with E-state index in [2.05, 4.69) is 37.4 Å². The summed E-state index contributed by atoms with van der Waals surface area (Å²) in [6, 6.07) is 13.6. The number of para-hydroxylation sites is 1. The molecule has 6 heteroatoms. The fourth-order valence-electron chi connectivity index (χ4n) is 2.98. The molecule has 0 atom stereocenters. The molecule has 0 radical (unpaired) electrons. The van der Waals surface area contributed by atoms with Gasteiger partial charge in [-0.25, -0.2) is 4.98 Å². The molecule has 146 valence electrons. The number of rotatable bonds is 7. The third-order valence-electron chi connectivity index (χ3n) is 4.49. The van der Waals surface area contributed by atoms with Gasteiger partial charge in [0.1, 0.15) is 16.5 Å². The minimum atomic E-state index is -0.120. The number of hydrogen-bond acceptors (Lipinski definition) is 5. The fourth-order valence-corrected chi connectivity index (χ4v) is 3.87. The number of methoxy groups -OCH3 is 2. The number of hydrogen-bond donors (Lipinski definition) is 1. The molecule has 2 aromatic carbocycles. The lowest BCUT2D eigenvalue weighted by atomic mass is 10.1. The Hall–Kier alpha value is -2.73. The Bertz CT molecular complexity index is 1000. The van der Waals surface area contributed by atoms with Crippen molar-refractivity contribution in [1.29, 1.82) is 0 Å². The minimum Gasteiger partial charge on any atom is -0.497 e. The summed E-state index contributed by atoms with van der Waals surface area (Å²) in [4.78, 5) is 17.4. The number of amides is 1. The van der Waals surface area contributed by atoms with Gasteiger partial charge in [0.2, 0.25) is 5.91 Å². The van der Waals surface area contributed by atoms with Crippen LogP contribution in [-0.2, 0) is 11.2 Å². The molecule has 3 aromatic rings. The maximum absolute atomic E-state index is 12.5. The molecule has 0 spiro atoms. The third kappa shape index (κ3) is 4.39. The third-order valence-corrected chi connectivity index (χ3v) is 5.52. The van der Waals surface area contributed by atoms with Crippen LogP contribution in [0.3, 0.4) is 0 Å². The van der Waals surface area contributed by atoms with Gasteiger partial charge in [0, 0.05) is 11.5 Å².